The Morgan fingerprint density at radius 2 is 1.71 bits per heavy atom. The molecule has 0 aromatic carbocycles. The Morgan fingerprint density at radius 1 is 0.905 bits per heavy atom. The fraction of sp³-hybridized carbons (Fsp3) is 0.785. The number of nitrogens with zero attached hydrogens (tertiary/aromatic N) is 2. The number of carboxylic acid groups (broad SMARTS) is 1. The first-order chi connectivity index (χ1) is 40.3. The van der Waals surface area contributed by atoms with Crippen molar-refractivity contribution in [1.29, 1.82) is 0 Å². The fourth-order valence-corrected chi connectivity index (χ4v) is 23.3. The summed E-state index contributed by atoms with van der Waals surface area (Å²) in [7, 11) is 0. The van der Waals surface area contributed by atoms with Gasteiger partial charge in [-0.3, -0.25) is 9.59 Å². The van der Waals surface area contributed by atoms with Gasteiger partial charge in [0.05, 0.1) is 54.6 Å². The first-order valence-electron chi connectivity index (χ1n) is 32.0. The monoisotopic (exact) mass is 1160 g/mol. The van der Waals surface area contributed by atoms with E-state index in [9.17, 15) is 45.6 Å². The summed E-state index contributed by atoms with van der Waals surface area (Å²) < 4.78 is 13.2. The van der Waals surface area contributed by atoms with Gasteiger partial charge in [-0.2, -0.15) is 0 Å². The average Bonchev–Trinajstić information content (AvgIpc) is 0.739. The van der Waals surface area contributed by atoms with Crippen molar-refractivity contribution in [2.45, 2.75) is 185 Å². The number of carboxylic acids is 1. The lowest BCUT2D eigenvalue weighted by Gasteiger charge is -2.78. The lowest BCUT2D eigenvalue weighted by molar-refractivity contribution is -0.356. The van der Waals surface area contributed by atoms with Crippen LogP contribution in [0.25, 0.3) is 0 Å². The lowest BCUT2D eigenvalue weighted by atomic mass is 9.25. The number of aliphatic hydroxyl groups is 7. The second kappa shape index (κ2) is 20.3. The van der Waals surface area contributed by atoms with Crippen molar-refractivity contribution in [3.8, 4) is 23.7 Å². The van der Waals surface area contributed by atoms with E-state index in [1.807, 2.05) is 6.92 Å². The molecule has 26 atom stereocenters. The third kappa shape index (κ3) is 7.55. The lowest BCUT2D eigenvalue weighted by Crippen LogP contribution is -2.78. The minimum Gasteiger partial charge on any atom is -0.481 e. The maximum atomic E-state index is 16.1. The van der Waals surface area contributed by atoms with E-state index in [4.69, 9.17) is 20.2 Å². The Morgan fingerprint density at radius 3 is 2.45 bits per heavy atom. The fourth-order valence-electron chi connectivity index (χ4n) is 23.3. The molecule has 2 spiro atoms. The van der Waals surface area contributed by atoms with Gasteiger partial charge in [-0.25, -0.2) is 9.97 Å². The van der Waals surface area contributed by atoms with Crippen molar-refractivity contribution in [3.05, 3.63) is 41.9 Å². The molecule has 1 amide bonds. The number of hydrogen-bond acceptors (Lipinski definition) is 15. The molecule has 6 saturated carbocycles. The Kier molecular flexibility index (Phi) is 13.9. The molecule has 2 saturated heterocycles. The first-order valence-corrected chi connectivity index (χ1v) is 32.0. The maximum absolute atomic E-state index is 16.1. The third-order valence-electron chi connectivity index (χ3n) is 26.5. The second-order valence-corrected chi connectivity index (χ2v) is 29.6. The Hall–Kier alpha value is -4.38. The van der Waals surface area contributed by atoms with Crippen LogP contribution in [0.2, 0.25) is 0 Å². The van der Waals surface area contributed by atoms with Crippen molar-refractivity contribution in [1.82, 2.24) is 25.3 Å². The number of fused-ring (bicyclic) bond motifs is 6. The number of rotatable bonds is 11. The summed E-state index contributed by atoms with van der Waals surface area (Å²) in [5.41, 5.74) is 2.57. The van der Waals surface area contributed by atoms with Crippen LogP contribution in [0.1, 0.15) is 141 Å². The molecule has 0 radical (unpaired) electrons. The molecule has 14 rings (SSSR count). The van der Waals surface area contributed by atoms with Crippen molar-refractivity contribution >= 4 is 17.7 Å². The van der Waals surface area contributed by atoms with Crippen molar-refractivity contribution < 1.29 is 59.9 Å². The second-order valence-electron chi connectivity index (χ2n) is 29.6. The summed E-state index contributed by atoms with van der Waals surface area (Å²) in [5, 5.41) is 103. The van der Waals surface area contributed by atoms with E-state index in [0.717, 1.165) is 48.5 Å². The number of aliphatic carboxylic acids is 1. The van der Waals surface area contributed by atoms with Crippen molar-refractivity contribution in [2.75, 3.05) is 31.7 Å². The number of carbonyl (C=O) groups is 2. The topological polar surface area (TPSA) is 322 Å². The number of aromatic nitrogens is 4. The third-order valence-corrected chi connectivity index (χ3v) is 26.5. The number of imidazole rings is 2. The van der Waals surface area contributed by atoms with Gasteiger partial charge < -0.3 is 76.7 Å². The molecule has 2 aromatic heterocycles. The average molecular weight is 1160 g/mol. The smallest absolute Gasteiger partial charge is 0.310 e. The number of anilines is 1. The Bertz CT molecular complexity index is 3050. The molecule has 19 heteroatoms. The highest BCUT2D eigenvalue weighted by molar-refractivity contribution is 5.88. The molecule has 5 heterocycles. The number of aromatic amines is 2. The van der Waals surface area contributed by atoms with E-state index in [1.54, 1.807) is 18.9 Å². The van der Waals surface area contributed by atoms with Gasteiger partial charge in [0.1, 0.15) is 30.4 Å². The summed E-state index contributed by atoms with van der Waals surface area (Å²) in [5.74, 6) is 10.5. The number of amides is 1. The number of ether oxygens (including phenoxy) is 2. The zero-order chi connectivity index (χ0) is 58.7. The molecule has 3 aliphatic heterocycles. The van der Waals surface area contributed by atoms with Crippen molar-refractivity contribution in [2.24, 2.45) is 109 Å². The molecule has 5 bridgehead atoms. The maximum Gasteiger partial charge on any atom is 0.310 e. The minimum atomic E-state index is -1.70. The predicted octanol–water partition coefficient (Wildman–Crippen LogP) is 3.95. The van der Waals surface area contributed by atoms with E-state index in [-0.39, 0.29) is 49.2 Å². The number of hydrogen-bond donors (Lipinski definition) is 13. The summed E-state index contributed by atoms with van der Waals surface area (Å²) >= 11 is 0. The molecule has 12 aliphatic rings. The first kappa shape index (κ1) is 57.4. The van der Waals surface area contributed by atoms with Crippen LogP contribution in [-0.4, -0.2) is 148 Å². The highest BCUT2D eigenvalue weighted by atomic mass is 16.7. The van der Waals surface area contributed by atoms with Gasteiger partial charge in [0.2, 0.25) is 5.91 Å². The number of carbonyl (C=O) groups excluding carboxylic acids is 1. The van der Waals surface area contributed by atoms with Crippen LogP contribution in [0.5, 0.6) is 0 Å². The van der Waals surface area contributed by atoms with E-state index >= 15 is 4.79 Å². The molecule has 14 N–H and O–H groups in total. The number of nitrogens with two attached hydrogens (primary N) is 1. The van der Waals surface area contributed by atoms with Gasteiger partial charge >= 0.3 is 5.97 Å². The summed E-state index contributed by atoms with van der Waals surface area (Å²) in [6.07, 6.45) is 7.81. The molecule has 2 aromatic rings. The molecule has 8 fully saturated rings. The summed E-state index contributed by atoms with van der Waals surface area (Å²) in [6, 6.07) is -0.606. The Balaban J connectivity index is 1.10. The van der Waals surface area contributed by atoms with E-state index in [1.165, 1.54) is 0 Å². The molecular formula is C65H89N7O12. The van der Waals surface area contributed by atoms with Gasteiger partial charge in [-0.05, 0) is 135 Å². The quantitative estimate of drug-likeness (QED) is 0.0656. The van der Waals surface area contributed by atoms with Crippen LogP contribution in [-0.2, 0) is 25.5 Å². The summed E-state index contributed by atoms with van der Waals surface area (Å²) in [6.45, 7) is 6.19. The van der Waals surface area contributed by atoms with Gasteiger partial charge in [-0.1, -0.05) is 69.4 Å². The highest BCUT2D eigenvalue weighted by Gasteiger charge is 2.82. The van der Waals surface area contributed by atoms with Crippen LogP contribution in [0.4, 0.5) is 5.82 Å². The van der Waals surface area contributed by atoms with Gasteiger partial charge in [0.25, 0.3) is 0 Å². The van der Waals surface area contributed by atoms with E-state index in [2.05, 4.69) is 69.2 Å². The molecule has 9 aliphatic carbocycles. The largest absolute Gasteiger partial charge is 0.481 e. The predicted molar refractivity (Wildman–Crippen MR) is 305 cm³/mol. The number of allylic oxidation sites excluding steroid dienone is 2. The number of H-pyrrole nitrogens is 2. The zero-order valence-electron chi connectivity index (χ0n) is 48.9. The number of aliphatic hydroxyl groups excluding tert-OH is 7. The number of nitrogens with one attached hydrogen (secondary N) is 4. The van der Waals surface area contributed by atoms with Crippen LogP contribution < -0.4 is 16.4 Å². The van der Waals surface area contributed by atoms with Crippen LogP contribution >= 0.6 is 0 Å². The zero-order valence-corrected chi connectivity index (χ0v) is 48.9. The van der Waals surface area contributed by atoms with Gasteiger partial charge in [-0.15, -0.1) is 5.92 Å². The van der Waals surface area contributed by atoms with Crippen LogP contribution in [0.15, 0.2) is 30.5 Å². The summed E-state index contributed by atoms with van der Waals surface area (Å²) in [4.78, 5) is 47.3. The molecule has 84 heavy (non-hydrogen) atoms. The molecule has 26 unspecified atom stereocenters. The molecule has 456 valence electrons. The van der Waals surface area contributed by atoms with Crippen LogP contribution in [0.3, 0.4) is 0 Å². The van der Waals surface area contributed by atoms with Gasteiger partial charge in [0, 0.05) is 83.8 Å². The van der Waals surface area contributed by atoms with Crippen molar-refractivity contribution in [3.63, 3.8) is 0 Å². The minimum absolute atomic E-state index is 0.0546. The molecule has 19 nitrogen and oxygen atoms in total. The van der Waals surface area contributed by atoms with E-state index < -0.39 is 147 Å². The molecular weight excluding hydrogens is 1070 g/mol. The Labute approximate surface area is 491 Å². The highest BCUT2D eigenvalue weighted by Crippen LogP contribution is 2.84. The SMILES string of the molecule is CC1(CO)CCC2(C(=O)O)C(C1)C1=CC3C#CC4CCCC45C(=O)NC(C(CCC(N)O)c4cnc[nH]4)C5C4C#CCCC1(C1Cc5[nH]cnc5NCC12)C1(C)CCC2C(C)(CO)C(OC5OCC(O)C(O)C5O)C(O)C4C2(C2CCCC2)C31. The normalized spacial score (nSPS) is 49.4. The van der Waals surface area contributed by atoms with Gasteiger partial charge in [0.15, 0.2) is 6.29 Å². The van der Waals surface area contributed by atoms with E-state index in [0.29, 0.717) is 83.6 Å². The van der Waals surface area contributed by atoms with Crippen LogP contribution in [0, 0.1) is 127 Å². The standard InChI is InChI=1S/C65H89N7O12/c1-59(29-73)21-22-63(58(81)82)40(25-59)38-23-33-13-14-34-11-8-18-62(34)47(49(72-57(62)80)36(15-16-46(66)76)43-27-67-31-69-43)37-12-6-7-19-64(38,39-24-42-55(71-32-70-42)68-26-41(39)63)61(3)20-17-45-60(2,30-74)54(84-56-52(79)50(77)44(75)28-83-56)51(78)48(37)65(45,53(33)61)35-9-4-5-10-35/h23,27,31-37,39-41,44-54,56,68,73-79H,4-5,7-11,15-22,24-26,28-30,66H2,1-3H3,(H,67,69)(H,70,71)(H,72,80)(H,81,82).